The van der Waals surface area contributed by atoms with Crippen molar-refractivity contribution in [1.29, 1.82) is 0 Å². The molecule has 1 spiro atoms. The van der Waals surface area contributed by atoms with E-state index in [0.717, 1.165) is 12.8 Å². The van der Waals surface area contributed by atoms with E-state index in [1.807, 2.05) is 4.90 Å². The number of alkyl carbamates (subject to hydrolysis) is 1. The van der Waals surface area contributed by atoms with Crippen LogP contribution in [0.5, 0.6) is 0 Å². The number of hydrogen-bond donors (Lipinski definition) is 1. The first-order chi connectivity index (χ1) is 8.69. The maximum atomic E-state index is 12.1. The van der Waals surface area contributed by atoms with Gasteiger partial charge in [0, 0.05) is 32.5 Å². The third kappa shape index (κ3) is 2.05. The Hall–Kier alpha value is -1.30. The van der Waals surface area contributed by atoms with Gasteiger partial charge in [-0.15, -0.1) is 0 Å². The van der Waals surface area contributed by atoms with Crippen LogP contribution in [-0.2, 0) is 14.3 Å². The molecule has 0 aromatic rings. The maximum Gasteiger partial charge on any atom is 0.407 e. The summed E-state index contributed by atoms with van der Waals surface area (Å²) in [6.45, 7) is 2.55. The van der Waals surface area contributed by atoms with E-state index in [4.69, 9.17) is 9.47 Å². The van der Waals surface area contributed by atoms with Gasteiger partial charge in [0.05, 0.1) is 6.54 Å². The smallest absolute Gasteiger partial charge is 0.407 e. The normalized spacial score (nSPS) is 30.3. The molecule has 0 radical (unpaired) electrons. The Morgan fingerprint density at radius 3 is 2.72 bits per heavy atom. The maximum absolute atomic E-state index is 12.1. The minimum Gasteiger partial charge on any atom is -0.441 e. The molecule has 0 bridgehead atoms. The highest BCUT2D eigenvalue weighted by atomic mass is 16.6. The largest absolute Gasteiger partial charge is 0.441 e. The summed E-state index contributed by atoms with van der Waals surface area (Å²) in [4.78, 5) is 25.1. The number of amides is 2. The number of nitrogens with one attached hydrogen (secondary N) is 1. The third-order valence-corrected chi connectivity index (χ3v) is 4.06. The molecule has 0 aliphatic carbocycles. The van der Waals surface area contributed by atoms with E-state index in [1.165, 1.54) is 0 Å². The summed E-state index contributed by atoms with van der Waals surface area (Å²) in [5, 5.41) is 2.69. The lowest BCUT2D eigenvalue weighted by atomic mass is 9.91. The molecule has 3 fully saturated rings. The van der Waals surface area contributed by atoms with E-state index in [9.17, 15) is 9.59 Å². The molecule has 3 rings (SSSR count). The number of rotatable bonds is 1. The van der Waals surface area contributed by atoms with Crippen LogP contribution in [-0.4, -0.2) is 54.8 Å². The van der Waals surface area contributed by atoms with Gasteiger partial charge < -0.3 is 19.7 Å². The molecule has 3 saturated heterocycles. The number of hydrogen-bond acceptors (Lipinski definition) is 4. The molecule has 3 heterocycles. The summed E-state index contributed by atoms with van der Waals surface area (Å²) in [5.41, 5.74) is -0.385. The highest BCUT2D eigenvalue weighted by molar-refractivity contribution is 5.81. The molecule has 2 amide bonds. The zero-order valence-corrected chi connectivity index (χ0v) is 10.3. The fourth-order valence-electron chi connectivity index (χ4n) is 2.89. The molecule has 100 valence electrons. The van der Waals surface area contributed by atoms with Crippen LogP contribution in [0.2, 0.25) is 0 Å². The molecule has 18 heavy (non-hydrogen) atoms. The Morgan fingerprint density at radius 1 is 1.39 bits per heavy atom. The van der Waals surface area contributed by atoms with Crippen molar-refractivity contribution in [1.82, 2.24) is 10.2 Å². The first kappa shape index (κ1) is 11.8. The van der Waals surface area contributed by atoms with Crippen molar-refractivity contribution < 1.29 is 19.1 Å². The van der Waals surface area contributed by atoms with Gasteiger partial charge in [-0.25, -0.2) is 4.79 Å². The van der Waals surface area contributed by atoms with Crippen molar-refractivity contribution in [2.24, 2.45) is 0 Å². The Bertz CT molecular complexity index is 357. The van der Waals surface area contributed by atoms with E-state index >= 15 is 0 Å². The summed E-state index contributed by atoms with van der Waals surface area (Å²) in [5.74, 6) is 0.0969. The summed E-state index contributed by atoms with van der Waals surface area (Å²) >= 11 is 0. The van der Waals surface area contributed by atoms with Gasteiger partial charge >= 0.3 is 6.09 Å². The van der Waals surface area contributed by atoms with Crippen LogP contribution in [0.4, 0.5) is 4.79 Å². The van der Waals surface area contributed by atoms with Crippen LogP contribution >= 0.6 is 0 Å². The third-order valence-electron chi connectivity index (χ3n) is 4.06. The zero-order valence-electron chi connectivity index (χ0n) is 10.3. The molecule has 1 N–H and O–H groups in total. The minimum atomic E-state index is -0.385. The van der Waals surface area contributed by atoms with Crippen LogP contribution in [0.15, 0.2) is 0 Å². The van der Waals surface area contributed by atoms with Gasteiger partial charge in [0.15, 0.2) is 0 Å². The van der Waals surface area contributed by atoms with E-state index < -0.39 is 0 Å². The van der Waals surface area contributed by atoms with Gasteiger partial charge in [0.2, 0.25) is 0 Å². The number of carbonyl (C=O) groups is 2. The second-order valence-electron chi connectivity index (χ2n) is 5.25. The second-order valence-corrected chi connectivity index (χ2v) is 5.25. The van der Waals surface area contributed by atoms with Crippen molar-refractivity contribution >= 4 is 12.0 Å². The van der Waals surface area contributed by atoms with E-state index in [0.29, 0.717) is 39.1 Å². The summed E-state index contributed by atoms with van der Waals surface area (Å²) in [6.07, 6.45) is 2.64. The lowest BCUT2D eigenvalue weighted by Gasteiger charge is -2.37. The van der Waals surface area contributed by atoms with Gasteiger partial charge in [-0.3, -0.25) is 4.79 Å². The zero-order chi connectivity index (χ0) is 12.6. The van der Waals surface area contributed by atoms with E-state index in [1.54, 1.807) is 0 Å². The average Bonchev–Trinajstić information content (AvgIpc) is 3.00. The molecule has 3 aliphatic rings. The number of likely N-dealkylation sites (tertiary alicyclic amines) is 1. The molecule has 0 saturated carbocycles. The Labute approximate surface area is 106 Å². The molecule has 0 aromatic carbocycles. The fraction of sp³-hybridized carbons (Fsp3) is 0.833. The summed E-state index contributed by atoms with van der Waals surface area (Å²) in [6, 6.07) is 0. The molecule has 3 aliphatic heterocycles. The fourth-order valence-corrected chi connectivity index (χ4v) is 2.89. The number of carbonyl (C=O) groups excluding carboxylic acids is 2. The van der Waals surface area contributed by atoms with Crippen molar-refractivity contribution in [3.05, 3.63) is 0 Å². The topological polar surface area (TPSA) is 67.9 Å². The molecule has 1 atom stereocenters. The van der Waals surface area contributed by atoms with E-state index in [2.05, 4.69) is 5.32 Å². The van der Waals surface area contributed by atoms with Gasteiger partial charge in [0.25, 0.3) is 5.91 Å². The van der Waals surface area contributed by atoms with Crippen LogP contribution in [0.3, 0.4) is 0 Å². The van der Waals surface area contributed by atoms with Crippen LogP contribution in [0.1, 0.15) is 25.7 Å². The predicted molar refractivity (Wildman–Crippen MR) is 62.0 cm³/mol. The van der Waals surface area contributed by atoms with Gasteiger partial charge in [-0.05, 0) is 12.8 Å². The molecular formula is C12H18N2O4. The van der Waals surface area contributed by atoms with E-state index in [-0.39, 0.29) is 23.7 Å². The molecule has 1 unspecified atom stereocenters. The number of nitrogens with zero attached hydrogens (tertiary/aromatic N) is 1. The Morgan fingerprint density at radius 2 is 2.17 bits per heavy atom. The molecular weight excluding hydrogens is 236 g/mol. The number of piperidine rings is 1. The van der Waals surface area contributed by atoms with Gasteiger partial charge in [-0.1, -0.05) is 0 Å². The molecule has 0 aromatic heterocycles. The number of ether oxygens (including phenoxy) is 2. The van der Waals surface area contributed by atoms with Crippen molar-refractivity contribution in [3.8, 4) is 0 Å². The van der Waals surface area contributed by atoms with Crippen molar-refractivity contribution in [3.63, 3.8) is 0 Å². The molecule has 6 nitrogen and oxygen atoms in total. The first-order valence-electron chi connectivity index (χ1n) is 6.56. The second kappa shape index (κ2) is 4.42. The van der Waals surface area contributed by atoms with Gasteiger partial charge in [-0.2, -0.15) is 0 Å². The predicted octanol–water partition coefficient (Wildman–Crippen LogP) is 0.266. The first-order valence-corrected chi connectivity index (χ1v) is 6.56. The Kier molecular flexibility index (Phi) is 2.89. The highest BCUT2D eigenvalue weighted by Crippen LogP contribution is 2.30. The quantitative estimate of drug-likeness (QED) is 0.729. The summed E-state index contributed by atoms with van der Waals surface area (Å²) < 4.78 is 10.7. The van der Waals surface area contributed by atoms with Gasteiger partial charge in [0.1, 0.15) is 11.7 Å². The van der Waals surface area contributed by atoms with Crippen LogP contribution in [0.25, 0.3) is 0 Å². The Balaban J connectivity index is 1.56. The van der Waals surface area contributed by atoms with Crippen LogP contribution in [0, 0.1) is 0 Å². The van der Waals surface area contributed by atoms with Crippen molar-refractivity contribution in [2.75, 3.05) is 26.2 Å². The average molecular weight is 254 g/mol. The summed E-state index contributed by atoms with van der Waals surface area (Å²) in [7, 11) is 0. The minimum absolute atomic E-state index is 0.0969. The van der Waals surface area contributed by atoms with Crippen molar-refractivity contribution in [2.45, 2.75) is 37.4 Å². The standard InChI is InChI=1S/C12H18N2O4/c15-10(9-2-1-7-17-9)14-5-3-12(4-6-14)8-13-11(16)18-12/h9H,1-8H2,(H,13,16). The SMILES string of the molecule is O=C1NCC2(CCN(C(=O)C3CCCO3)CC2)O1. The highest BCUT2D eigenvalue weighted by Gasteiger charge is 2.44. The monoisotopic (exact) mass is 254 g/mol. The van der Waals surface area contributed by atoms with Crippen LogP contribution < -0.4 is 5.32 Å². The lowest BCUT2D eigenvalue weighted by molar-refractivity contribution is -0.144. The lowest BCUT2D eigenvalue weighted by Crippen LogP contribution is -2.50. The molecule has 6 heteroatoms.